The molecule has 0 saturated heterocycles. The van der Waals surface area contributed by atoms with E-state index in [1.807, 2.05) is 0 Å². The maximum absolute atomic E-state index is 10.8. The summed E-state index contributed by atoms with van der Waals surface area (Å²) in [7, 11) is 0. The van der Waals surface area contributed by atoms with Crippen LogP contribution in [0.5, 0.6) is 0 Å². The smallest absolute Gasteiger partial charge is 0.313 e. The molecule has 0 radical (unpaired) electrons. The maximum atomic E-state index is 10.8. The Kier molecular flexibility index (Phi) is 3.58. The van der Waals surface area contributed by atoms with Crippen molar-refractivity contribution in [1.29, 1.82) is 0 Å². The van der Waals surface area contributed by atoms with Gasteiger partial charge in [-0.3, -0.25) is 9.59 Å². The van der Waals surface area contributed by atoms with Crippen molar-refractivity contribution >= 4 is 23.3 Å². The van der Waals surface area contributed by atoms with E-state index in [0.717, 1.165) is 0 Å². The number of thiazole rings is 1. The lowest BCUT2D eigenvalue weighted by Gasteiger charge is -2.06. The van der Waals surface area contributed by atoms with Crippen molar-refractivity contribution in [2.24, 2.45) is 0 Å². The van der Waals surface area contributed by atoms with Crippen LogP contribution in [-0.4, -0.2) is 27.1 Å². The molecular weight excluding hydrogens is 206 g/mol. The lowest BCUT2D eigenvalue weighted by molar-refractivity contribution is -0.140. The largest absolute Gasteiger partial charge is 0.481 e. The highest BCUT2D eigenvalue weighted by Gasteiger charge is 2.22. The summed E-state index contributed by atoms with van der Waals surface area (Å²) in [5.41, 5.74) is 0. The first kappa shape index (κ1) is 10.6. The molecule has 6 heteroatoms. The van der Waals surface area contributed by atoms with E-state index in [2.05, 4.69) is 4.98 Å². The van der Waals surface area contributed by atoms with Crippen LogP contribution in [0.2, 0.25) is 0 Å². The number of carboxylic acids is 2. The number of hydrogen-bond donors (Lipinski definition) is 2. The van der Waals surface area contributed by atoms with E-state index in [1.165, 1.54) is 17.5 Å². The minimum atomic E-state index is -1.03. The Bertz CT molecular complexity index is 322. The minimum absolute atomic E-state index is 0.0815. The van der Waals surface area contributed by atoms with Crippen LogP contribution < -0.4 is 0 Å². The number of nitrogens with zero attached hydrogens (tertiary/aromatic N) is 1. The maximum Gasteiger partial charge on any atom is 0.313 e. The molecule has 1 atom stereocenters. The number of rotatable bonds is 5. The van der Waals surface area contributed by atoms with Gasteiger partial charge in [0, 0.05) is 18.0 Å². The summed E-state index contributed by atoms with van der Waals surface area (Å²) in [6.07, 6.45) is 1.44. The zero-order valence-corrected chi connectivity index (χ0v) is 8.03. The standard InChI is InChI=1S/C8H9NO4S/c10-6(11)2-1-5(8(12)13)7-9-3-4-14-7/h3-5H,1-2H2,(H,10,11)(H,12,13). The molecular formula is C8H9NO4S. The molecule has 14 heavy (non-hydrogen) atoms. The Labute approximate surface area is 84.0 Å². The monoisotopic (exact) mass is 215 g/mol. The van der Waals surface area contributed by atoms with E-state index in [4.69, 9.17) is 10.2 Å². The van der Waals surface area contributed by atoms with Gasteiger partial charge >= 0.3 is 11.9 Å². The van der Waals surface area contributed by atoms with Crippen LogP contribution in [-0.2, 0) is 9.59 Å². The molecule has 1 unspecified atom stereocenters. The van der Waals surface area contributed by atoms with Gasteiger partial charge in [0.15, 0.2) is 0 Å². The van der Waals surface area contributed by atoms with Gasteiger partial charge < -0.3 is 10.2 Å². The van der Waals surface area contributed by atoms with Crippen LogP contribution in [0.4, 0.5) is 0 Å². The van der Waals surface area contributed by atoms with Gasteiger partial charge in [0.05, 0.1) is 0 Å². The van der Waals surface area contributed by atoms with Gasteiger partial charge in [-0.15, -0.1) is 11.3 Å². The SMILES string of the molecule is O=C(O)CCC(C(=O)O)c1nccs1. The van der Waals surface area contributed by atoms with Crippen molar-refractivity contribution in [1.82, 2.24) is 4.98 Å². The fourth-order valence-electron chi connectivity index (χ4n) is 1.03. The predicted octanol–water partition coefficient (Wildman–Crippen LogP) is 1.18. The summed E-state index contributed by atoms with van der Waals surface area (Å²) in [6.45, 7) is 0. The molecule has 0 aromatic carbocycles. The van der Waals surface area contributed by atoms with Gasteiger partial charge in [-0.25, -0.2) is 4.98 Å². The van der Waals surface area contributed by atoms with E-state index in [0.29, 0.717) is 5.01 Å². The van der Waals surface area contributed by atoms with Crippen molar-refractivity contribution in [2.45, 2.75) is 18.8 Å². The molecule has 5 nitrogen and oxygen atoms in total. The normalized spacial score (nSPS) is 12.3. The van der Waals surface area contributed by atoms with Crippen LogP contribution >= 0.6 is 11.3 Å². The van der Waals surface area contributed by atoms with E-state index in [-0.39, 0.29) is 12.8 Å². The molecule has 0 bridgehead atoms. The number of aromatic nitrogens is 1. The van der Waals surface area contributed by atoms with Gasteiger partial charge in [-0.1, -0.05) is 0 Å². The summed E-state index contributed by atoms with van der Waals surface area (Å²) < 4.78 is 0. The number of carboxylic acid groups (broad SMARTS) is 2. The third-order valence-corrected chi connectivity index (χ3v) is 2.58. The molecule has 0 aliphatic heterocycles. The van der Waals surface area contributed by atoms with E-state index < -0.39 is 17.9 Å². The molecule has 0 spiro atoms. The molecule has 0 aliphatic carbocycles. The zero-order valence-electron chi connectivity index (χ0n) is 7.21. The summed E-state index contributed by atoms with van der Waals surface area (Å²) in [5, 5.41) is 19.4. The molecule has 0 saturated carbocycles. The molecule has 0 fully saturated rings. The molecule has 1 rings (SSSR count). The Balaban J connectivity index is 2.66. The second kappa shape index (κ2) is 4.71. The topological polar surface area (TPSA) is 87.5 Å². The van der Waals surface area contributed by atoms with Gasteiger partial charge in [-0.2, -0.15) is 0 Å². The number of carbonyl (C=O) groups is 2. The number of aliphatic carboxylic acids is 2. The van der Waals surface area contributed by atoms with Crippen LogP contribution in [0, 0.1) is 0 Å². The summed E-state index contributed by atoms with van der Waals surface area (Å²) in [4.78, 5) is 24.9. The van der Waals surface area contributed by atoms with Crippen molar-refractivity contribution < 1.29 is 19.8 Å². The second-order valence-electron chi connectivity index (χ2n) is 2.69. The van der Waals surface area contributed by atoms with Gasteiger partial charge in [0.2, 0.25) is 0 Å². The van der Waals surface area contributed by atoms with Crippen molar-refractivity contribution in [3.8, 4) is 0 Å². The fourth-order valence-corrected chi connectivity index (χ4v) is 1.79. The molecule has 1 aromatic heterocycles. The van der Waals surface area contributed by atoms with Gasteiger partial charge in [0.25, 0.3) is 0 Å². The summed E-state index contributed by atoms with van der Waals surface area (Å²) in [5.74, 6) is -2.82. The molecule has 1 heterocycles. The first-order chi connectivity index (χ1) is 6.61. The van der Waals surface area contributed by atoms with Crippen molar-refractivity contribution in [3.05, 3.63) is 16.6 Å². The van der Waals surface area contributed by atoms with Gasteiger partial charge in [-0.05, 0) is 6.42 Å². The minimum Gasteiger partial charge on any atom is -0.481 e. The van der Waals surface area contributed by atoms with E-state index >= 15 is 0 Å². The lowest BCUT2D eigenvalue weighted by atomic mass is 10.0. The average Bonchev–Trinajstić information content (AvgIpc) is 2.56. The molecule has 2 N–H and O–H groups in total. The number of hydrogen-bond acceptors (Lipinski definition) is 4. The molecule has 76 valence electrons. The van der Waals surface area contributed by atoms with Crippen LogP contribution in [0.1, 0.15) is 23.8 Å². The summed E-state index contributed by atoms with van der Waals surface area (Å²) in [6, 6.07) is 0. The summed E-state index contributed by atoms with van der Waals surface area (Å²) >= 11 is 1.23. The molecule has 0 aliphatic rings. The quantitative estimate of drug-likeness (QED) is 0.769. The molecule has 1 aromatic rings. The van der Waals surface area contributed by atoms with E-state index in [9.17, 15) is 9.59 Å². The third-order valence-electron chi connectivity index (χ3n) is 1.69. The van der Waals surface area contributed by atoms with Crippen LogP contribution in [0.15, 0.2) is 11.6 Å². The predicted molar refractivity (Wildman–Crippen MR) is 49.4 cm³/mol. The first-order valence-corrected chi connectivity index (χ1v) is 4.83. The Hall–Kier alpha value is -1.43. The van der Waals surface area contributed by atoms with Crippen molar-refractivity contribution in [2.75, 3.05) is 0 Å². The van der Waals surface area contributed by atoms with Crippen LogP contribution in [0.3, 0.4) is 0 Å². The molecule has 0 amide bonds. The highest BCUT2D eigenvalue weighted by atomic mass is 32.1. The highest BCUT2D eigenvalue weighted by Crippen LogP contribution is 2.23. The van der Waals surface area contributed by atoms with E-state index in [1.54, 1.807) is 5.38 Å². The van der Waals surface area contributed by atoms with Gasteiger partial charge in [0.1, 0.15) is 10.9 Å². The Morgan fingerprint density at radius 1 is 1.50 bits per heavy atom. The zero-order chi connectivity index (χ0) is 10.6. The highest BCUT2D eigenvalue weighted by molar-refractivity contribution is 7.09. The first-order valence-electron chi connectivity index (χ1n) is 3.95. The lowest BCUT2D eigenvalue weighted by Crippen LogP contribution is -2.13. The fraction of sp³-hybridized carbons (Fsp3) is 0.375. The van der Waals surface area contributed by atoms with Crippen molar-refractivity contribution in [3.63, 3.8) is 0 Å². The average molecular weight is 215 g/mol. The third kappa shape index (κ3) is 2.81. The van der Waals surface area contributed by atoms with Crippen LogP contribution in [0.25, 0.3) is 0 Å². The second-order valence-corrected chi connectivity index (χ2v) is 3.62. The Morgan fingerprint density at radius 2 is 2.21 bits per heavy atom. The Morgan fingerprint density at radius 3 is 2.64 bits per heavy atom.